The maximum absolute atomic E-state index is 12.1. The third kappa shape index (κ3) is 5.25. The van der Waals surface area contributed by atoms with E-state index in [9.17, 15) is 9.59 Å². The van der Waals surface area contributed by atoms with Crippen molar-refractivity contribution in [2.24, 2.45) is 0 Å². The van der Waals surface area contributed by atoms with Gasteiger partial charge in [-0.25, -0.2) is 0 Å². The van der Waals surface area contributed by atoms with E-state index in [1.54, 1.807) is 6.92 Å². The molecule has 1 atom stereocenters. The number of aliphatic hydroxyl groups excluding tert-OH is 1. The van der Waals surface area contributed by atoms with Gasteiger partial charge in [-0.05, 0) is 33.8 Å². The van der Waals surface area contributed by atoms with E-state index in [4.69, 9.17) is 9.84 Å². The molecule has 0 saturated carbocycles. The summed E-state index contributed by atoms with van der Waals surface area (Å²) in [7, 11) is 0. The van der Waals surface area contributed by atoms with Crippen LogP contribution in [0.15, 0.2) is 18.2 Å². The Morgan fingerprint density at radius 1 is 1.35 bits per heavy atom. The van der Waals surface area contributed by atoms with Gasteiger partial charge in [0.2, 0.25) is 0 Å². The molecule has 23 heavy (non-hydrogen) atoms. The van der Waals surface area contributed by atoms with Gasteiger partial charge in [-0.1, -0.05) is 17.7 Å². The van der Waals surface area contributed by atoms with Gasteiger partial charge in [0, 0.05) is 18.7 Å². The number of hydrogen-bond donors (Lipinski definition) is 2. The predicted molar refractivity (Wildman–Crippen MR) is 88.2 cm³/mol. The number of hydrogen-bond acceptors (Lipinski definition) is 4. The highest BCUT2D eigenvalue weighted by Gasteiger charge is 2.23. The summed E-state index contributed by atoms with van der Waals surface area (Å²) in [4.78, 5) is 25.5. The first kappa shape index (κ1) is 19.0. The molecule has 6 nitrogen and oxygen atoms in total. The summed E-state index contributed by atoms with van der Waals surface area (Å²) in [5.74, 6) is -0.628. The third-order valence-corrected chi connectivity index (χ3v) is 3.51. The summed E-state index contributed by atoms with van der Waals surface area (Å²) in [5.41, 5.74) is 1.88. The normalized spacial score (nSPS) is 11.7. The minimum Gasteiger partial charge on any atom is -0.494 e. The van der Waals surface area contributed by atoms with Crippen LogP contribution >= 0.6 is 0 Å². The van der Waals surface area contributed by atoms with Crippen LogP contribution in [0.4, 0.5) is 0 Å². The van der Waals surface area contributed by atoms with Crippen molar-refractivity contribution >= 4 is 11.8 Å². The highest BCUT2D eigenvalue weighted by Crippen LogP contribution is 2.26. The molecule has 2 amide bonds. The molecule has 0 aromatic heterocycles. The van der Waals surface area contributed by atoms with Gasteiger partial charge in [-0.15, -0.1) is 0 Å². The molecule has 128 valence electrons. The Morgan fingerprint density at radius 3 is 2.61 bits per heavy atom. The van der Waals surface area contributed by atoms with Gasteiger partial charge in [0.15, 0.2) is 0 Å². The van der Waals surface area contributed by atoms with Crippen LogP contribution in [0, 0.1) is 6.92 Å². The van der Waals surface area contributed by atoms with Gasteiger partial charge in [-0.3, -0.25) is 9.59 Å². The Hall–Kier alpha value is -2.08. The second-order valence-electron chi connectivity index (χ2n) is 5.28. The van der Waals surface area contributed by atoms with Crippen LogP contribution in [0.1, 0.15) is 37.9 Å². The van der Waals surface area contributed by atoms with Crippen molar-refractivity contribution in [3.05, 3.63) is 29.3 Å². The van der Waals surface area contributed by atoms with Crippen molar-refractivity contribution in [2.45, 2.75) is 33.7 Å². The van der Waals surface area contributed by atoms with E-state index >= 15 is 0 Å². The third-order valence-electron chi connectivity index (χ3n) is 3.51. The van der Waals surface area contributed by atoms with Crippen molar-refractivity contribution in [3.63, 3.8) is 0 Å². The zero-order valence-electron chi connectivity index (χ0n) is 14.3. The number of aryl methyl sites for hydroxylation is 1. The molecule has 0 radical (unpaired) electrons. The molecule has 0 bridgehead atoms. The first-order valence-corrected chi connectivity index (χ1v) is 7.88. The summed E-state index contributed by atoms with van der Waals surface area (Å²) >= 11 is 0. The number of amides is 2. The highest BCUT2D eigenvalue weighted by molar-refractivity contribution is 6.35. The number of carbonyl (C=O) groups excluding carboxylic acids is 2. The van der Waals surface area contributed by atoms with Crippen LogP contribution in [0.25, 0.3) is 0 Å². The fraction of sp³-hybridized carbons (Fsp3) is 0.529. The molecular formula is C17H26N2O4. The summed E-state index contributed by atoms with van der Waals surface area (Å²) in [6, 6.07) is 5.38. The van der Waals surface area contributed by atoms with Crippen molar-refractivity contribution in [2.75, 3.05) is 26.3 Å². The average molecular weight is 322 g/mol. The second kappa shape index (κ2) is 9.15. The summed E-state index contributed by atoms with van der Waals surface area (Å²) in [5, 5.41) is 11.6. The first-order chi connectivity index (χ1) is 10.9. The maximum Gasteiger partial charge on any atom is 0.311 e. The Morgan fingerprint density at radius 2 is 2.04 bits per heavy atom. The molecule has 1 rings (SSSR count). The lowest BCUT2D eigenvalue weighted by Gasteiger charge is -2.22. The molecule has 0 aliphatic heterocycles. The van der Waals surface area contributed by atoms with Gasteiger partial charge < -0.3 is 20.1 Å². The smallest absolute Gasteiger partial charge is 0.311 e. The van der Waals surface area contributed by atoms with Crippen molar-refractivity contribution in [1.29, 1.82) is 0 Å². The van der Waals surface area contributed by atoms with E-state index < -0.39 is 11.8 Å². The molecule has 0 saturated heterocycles. The van der Waals surface area contributed by atoms with Gasteiger partial charge >= 0.3 is 11.8 Å². The Bertz CT molecular complexity index is 545. The molecule has 0 aliphatic rings. The van der Waals surface area contributed by atoms with Crippen LogP contribution in [0.3, 0.4) is 0 Å². The monoisotopic (exact) mass is 322 g/mol. The molecule has 1 aromatic carbocycles. The van der Waals surface area contributed by atoms with Crippen molar-refractivity contribution in [1.82, 2.24) is 10.2 Å². The molecule has 1 unspecified atom stereocenters. The quantitative estimate of drug-likeness (QED) is 0.744. The minimum atomic E-state index is -0.684. The van der Waals surface area contributed by atoms with E-state index in [1.807, 2.05) is 39.0 Å². The van der Waals surface area contributed by atoms with Crippen molar-refractivity contribution in [3.8, 4) is 5.75 Å². The van der Waals surface area contributed by atoms with E-state index in [0.717, 1.165) is 11.1 Å². The van der Waals surface area contributed by atoms with Crippen LogP contribution in [0.5, 0.6) is 5.75 Å². The van der Waals surface area contributed by atoms with Crippen LogP contribution in [0.2, 0.25) is 0 Å². The topological polar surface area (TPSA) is 78.9 Å². The lowest BCUT2D eigenvalue weighted by molar-refractivity contribution is -0.146. The van der Waals surface area contributed by atoms with Crippen LogP contribution in [-0.2, 0) is 9.59 Å². The van der Waals surface area contributed by atoms with E-state index in [2.05, 4.69) is 5.32 Å². The summed E-state index contributed by atoms with van der Waals surface area (Å²) in [6.07, 6.45) is 0. The van der Waals surface area contributed by atoms with Gasteiger partial charge in [-0.2, -0.15) is 0 Å². The maximum atomic E-state index is 12.1. The van der Waals surface area contributed by atoms with Crippen LogP contribution < -0.4 is 10.1 Å². The Balaban J connectivity index is 2.86. The fourth-order valence-corrected chi connectivity index (χ4v) is 2.30. The first-order valence-electron chi connectivity index (χ1n) is 7.88. The Kier molecular flexibility index (Phi) is 7.54. The van der Waals surface area contributed by atoms with Gasteiger partial charge in [0.1, 0.15) is 5.75 Å². The molecule has 6 heteroatoms. The number of carbonyl (C=O) groups is 2. The lowest BCUT2D eigenvalue weighted by atomic mass is 10.0. The van der Waals surface area contributed by atoms with Crippen LogP contribution in [-0.4, -0.2) is 48.1 Å². The van der Waals surface area contributed by atoms with Crippen molar-refractivity contribution < 1.29 is 19.4 Å². The van der Waals surface area contributed by atoms with E-state index in [-0.39, 0.29) is 19.2 Å². The molecule has 0 heterocycles. The second-order valence-corrected chi connectivity index (χ2v) is 5.28. The SMILES string of the molecule is CCOc1ccc(C)cc1C(C)NC(=O)C(=O)N(CC)CCO. The molecular weight excluding hydrogens is 296 g/mol. The predicted octanol–water partition coefficient (Wildman–Crippen LogP) is 1.41. The molecule has 0 fully saturated rings. The molecule has 2 N–H and O–H groups in total. The van der Waals surface area contributed by atoms with Gasteiger partial charge in [0.25, 0.3) is 0 Å². The number of benzene rings is 1. The molecule has 1 aromatic rings. The average Bonchev–Trinajstić information content (AvgIpc) is 2.53. The summed E-state index contributed by atoms with van der Waals surface area (Å²) in [6.45, 7) is 8.29. The fourth-order valence-electron chi connectivity index (χ4n) is 2.30. The number of rotatable bonds is 7. The standard InChI is InChI=1S/C17H26N2O4/c1-5-19(9-10-20)17(22)16(21)18-13(4)14-11-12(3)7-8-15(14)23-6-2/h7-8,11,13,20H,5-6,9-10H2,1-4H3,(H,18,21). The highest BCUT2D eigenvalue weighted by atomic mass is 16.5. The number of aliphatic hydroxyl groups is 1. The summed E-state index contributed by atoms with van der Waals surface area (Å²) < 4.78 is 5.58. The number of ether oxygens (including phenoxy) is 1. The number of likely N-dealkylation sites (N-methyl/N-ethyl adjacent to an activating group) is 1. The number of nitrogens with zero attached hydrogens (tertiary/aromatic N) is 1. The minimum absolute atomic E-state index is 0.145. The zero-order chi connectivity index (χ0) is 17.4. The number of nitrogens with one attached hydrogen (secondary N) is 1. The molecule has 0 aliphatic carbocycles. The molecule has 0 spiro atoms. The lowest BCUT2D eigenvalue weighted by Crippen LogP contribution is -2.44. The largest absolute Gasteiger partial charge is 0.494 e. The zero-order valence-corrected chi connectivity index (χ0v) is 14.3. The van der Waals surface area contributed by atoms with E-state index in [0.29, 0.717) is 18.9 Å². The van der Waals surface area contributed by atoms with E-state index in [1.165, 1.54) is 4.90 Å². The van der Waals surface area contributed by atoms with Gasteiger partial charge in [0.05, 0.1) is 19.3 Å². The Labute approximate surface area is 137 Å².